The summed E-state index contributed by atoms with van der Waals surface area (Å²) in [5, 5.41) is 2.91. The van der Waals surface area contributed by atoms with Crippen LogP contribution in [-0.4, -0.2) is 49.7 Å². The van der Waals surface area contributed by atoms with Gasteiger partial charge in [0.1, 0.15) is 5.82 Å². The van der Waals surface area contributed by atoms with Gasteiger partial charge in [0.05, 0.1) is 25.3 Å². The first-order chi connectivity index (χ1) is 11.1. The first-order valence-electron chi connectivity index (χ1n) is 8.22. The molecule has 0 saturated carbocycles. The van der Waals surface area contributed by atoms with Gasteiger partial charge in [0.2, 0.25) is 5.91 Å². The molecule has 0 aromatic heterocycles. The zero-order chi connectivity index (χ0) is 16.7. The summed E-state index contributed by atoms with van der Waals surface area (Å²) in [7, 11) is 0. The fourth-order valence-corrected chi connectivity index (χ4v) is 2.83. The van der Waals surface area contributed by atoms with Crippen LogP contribution in [0.4, 0.5) is 4.39 Å². The first kappa shape index (κ1) is 20.8. The molecule has 1 fully saturated rings. The van der Waals surface area contributed by atoms with Crippen molar-refractivity contribution in [3.8, 4) is 0 Å². The van der Waals surface area contributed by atoms with Crippen LogP contribution in [-0.2, 0) is 9.53 Å². The lowest BCUT2D eigenvalue weighted by Gasteiger charge is -2.35. The Labute approximate surface area is 149 Å². The van der Waals surface area contributed by atoms with Gasteiger partial charge in [0, 0.05) is 19.6 Å². The van der Waals surface area contributed by atoms with E-state index in [2.05, 4.69) is 10.2 Å². The number of amides is 1. The zero-order valence-corrected chi connectivity index (χ0v) is 14.9. The number of ether oxygens (including phenoxy) is 1. The number of nitrogens with zero attached hydrogens (tertiary/aromatic N) is 1. The standard InChI is InChI=1S/C17H26FN3O2.ClH/c1-2-4-15(19)17(22)20-12-16(21-7-9-23-10-8-21)13-5-3-6-14(18)11-13;/h3,5-6,11,15-16H,2,4,7-10,12,19H2,1H3,(H,20,22);1H. The molecule has 5 nitrogen and oxygen atoms in total. The lowest BCUT2D eigenvalue weighted by atomic mass is 10.0. The summed E-state index contributed by atoms with van der Waals surface area (Å²) < 4.78 is 19.0. The second-order valence-corrected chi connectivity index (χ2v) is 5.86. The number of nitrogens with one attached hydrogen (secondary N) is 1. The molecule has 0 radical (unpaired) electrons. The number of morpholine rings is 1. The molecule has 1 heterocycles. The van der Waals surface area contributed by atoms with Gasteiger partial charge in [-0.15, -0.1) is 12.4 Å². The molecule has 2 atom stereocenters. The molecule has 1 aromatic rings. The quantitative estimate of drug-likeness (QED) is 0.779. The van der Waals surface area contributed by atoms with Gasteiger partial charge in [0.15, 0.2) is 0 Å². The summed E-state index contributed by atoms with van der Waals surface area (Å²) in [6.45, 7) is 5.23. The Bertz CT molecular complexity index is 512. The van der Waals surface area contributed by atoms with E-state index in [9.17, 15) is 9.18 Å². The van der Waals surface area contributed by atoms with E-state index in [1.165, 1.54) is 12.1 Å². The SMILES string of the molecule is CCCC(N)C(=O)NCC(c1cccc(F)c1)N1CCOCC1.Cl. The van der Waals surface area contributed by atoms with Gasteiger partial charge >= 0.3 is 0 Å². The van der Waals surface area contributed by atoms with Gasteiger partial charge in [-0.3, -0.25) is 9.69 Å². The lowest BCUT2D eigenvalue weighted by molar-refractivity contribution is -0.122. The van der Waals surface area contributed by atoms with Gasteiger partial charge < -0.3 is 15.8 Å². The van der Waals surface area contributed by atoms with E-state index < -0.39 is 6.04 Å². The van der Waals surface area contributed by atoms with E-state index >= 15 is 0 Å². The largest absolute Gasteiger partial charge is 0.379 e. The molecule has 2 unspecified atom stereocenters. The molecule has 1 aromatic carbocycles. The molecule has 1 saturated heterocycles. The molecule has 1 aliphatic heterocycles. The predicted molar refractivity (Wildman–Crippen MR) is 94.7 cm³/mol. The summed E-state index contributed by atoms with van der Waals surface area (Å²) in [6.07, 6.45) is 1.53. The van der Waals surface area contributed by atoms with Gasteiger partial charge in [-0.2, -0.15) is 0 Å². The van der Waals surface area contributed by atoms with Crippen LogP contribution in [0.2, 0.25) is 0 Å². The Kier molecular flexibility index (Phi) is 9.21. The highest BCUT2D eigenvalue weighted by Crippen LogP contribution is 2.22. The van der Waals surface area contributed by atoms with Gasteiger partial charge in [0.25, 0.3) is 0 Å². The normalized spacial score (nSPS) is 17.6. The zero-order valence-electron chi connectivity index (χ0n) is 14.0. The van der Waals surface area contributed by atoms with Crippen molar-refractivity contribution in [2.75, 3.05) is 32.8 Å². The third-order valence-corrected chi connectivity index (χ3v) is 4.13. The number of benzene rings is 1. The minimum Gasteiger partial charge on any atom is -0.379 e. The van der Waals surface area contributed by atoms with Crippen molar-refractivity contribution in [2.24, 2.45) is 5.73 Å². The molecule has 1 aliphatic rings. The molecule has 2 rings (SSSR count). The van der Waals surface area contributed by atoms with Crippen molar-refractivity contribution in [1.29, 1.82) is 0 Å². The summed E-state index contributed by atoms with van der Waals surface area (Å²) in [5.41, 5.74) is 6.71. The van der Waals surface area contributed by atoms with E-state index in [-0.39, 0.29) is 30.2 Å². The second kappa shape index (κ2) is 10.6. The predicted octanol–water partition coefficient (Wildman–Crippen LogP) is 1.86. The second-order valence-electron chi connectivity index (χ2n) is 5.86. The van der Waals surface area contributed by atoms with Crippen LogP contribution >= 0.6 is 12.4 Å². The Morgan fingerprint density at radius 3 is 2.75 bits per heavy atom. The molecule has 136 valence electrons. The number of hydrogen-bond donors (Lipinski definition) is 2. The van der Waals surface area contributed by atoms with E-state index in [0.717, 1.165) is 25.1 Å². The van der Waals surface area contributed by atoms with E-state index in [4.69, 9.17) is 10.5 Å². The molecule has 24 heavy (non-hydrogen) atoms. The summed E-state index contributed by atoms with van der Waals surface area (Å²) in [6, 6.07) is 5.98. The fraction of sp³-hybridized carbons (Fsp3) is 0.588. The van der Waals surface area contributed by atoms with Crippen molar-refractivity contribution < 1.29 is 13.9 Å². The number of halogens is 2. The van der Waals surface area contributed by atoms with Crippen molar-refractivity contribution in [3.05, 3.63) is 35.6 Å². The van der Waals surface area contributed by atoms with Crippen molar-refractivity contribution in [3.63, 3.8) is 0 Å². The lowest BCUT2D eigenvalue weighted by Crippen LogP contribution is -2.47. The Hall–Kier alpha value is -1.21. The molecular weight excluding hydrogens is 333 g/mol. The number of carbonyl (C=O) groups is 1. The maximum absolute atomic E-state index is 13.6. The third-order valence-electron chi connectivity index (χ3n) is 4.13. The molecular formula is C17H27ClFN3O2. The van der Waals surface area contributed by atoms with Crippen LogP contribution in [0.1, 0.15) is 31.4 Å². The van der Waals surface area contributed by atoms with Gasteiger partial charge in [-0.1, -0.05) is 25.5 Å². The Morgan fingerprint density at radius 1 is 1.42 bits per heavy atom. The highest BCUT2D eigenvalue weighted by Gasteiger charge is 2.24. The molecule has 7 heteroatoms. The highest BCUT2D eigenvalue weighted by molar-refractivity contribution is 5.85. The smallest absolute Gasteiger partial charge is 0.236 e. The maximum Gasteiger partial charge on any atom is 0.236 e. The topological polar surface area (TPSA) is 67.6 Å². The summed E-state index contributed by atoms with van der Waals surface area (Å²) in [4.78, 5) is 14.3. The molecule has 1 amide bonds. The fourth-order valence-electron chi connectivity index (χ4n) is 2.83. The number of carbonyl (C=O) groups excluding carboxylic acids is 1. The molecule has 0 bridgehead atoms. The van der Waals surface area contributed by atoms with Crippen LogP contribution in [0.15, 0.2) is 24.3 Å². The Balaban J connectivity index is 0.00000288. The molecule has 3 N–H and O–H groups in total. The van der Waals surface area contributed by atoms with Crippen molar-refractivity contribution in [1.82, 2.24) is 10.2 Å². The Morgan fingerprint density at radius 2 is 2.12 bits per heavy atom. The average molecular weight is 360 g/mol. The highest BCUT2D eigenvalue weighted by atomic mass is 35.5. The van der Waals surface area contributed by atoms with E-state index in [1.807, 2.05) is 13.0 Å². The van der Waals surface area contributed by atoms with Crippen LogP contribution in [0.3, 0.4) is 0 Å². The summed E-state index contributed by atoms with van der Waals surface area (Å²) in [5.74, 6) is -0.420. The van der Waals surface area contributed by atoms with Crippen LogP contribution < -0.4 is 11.1 Å². The summed E-state index contributed by atoms with van der Waals surface area (Å²) >= 11 is 0. The maximum atomic E-state index is 13.6. The van der Waals surface area contributed by atoms with Crippen molar-refractivity contribution in [2.45, 2.75) is 31.8 Å². The van der Waals surface area contributed by atoms with Gasteiger partial charge in [-0.05, 0) is 24.1 Å². The van der Waals surface area contributed by atoms with Gasteiger partial charge in [-0.25, -0.2) is 4.39 Å². The third kappa shape index (κ3) is 6.02. The van der Waals surface area contributed by atoms with Crippen LogP contribution in [0.25, 0.3) is 0 Å². The number of rotatable bonds is 7. The van der Waals surface area contributed by atoms with Crippen LogP contribution in [0.5, 0.6) is 0 Å². The average Bonchev–Trinajstić information content (AvgIpc) is 2.56. The van der Waals surface area contributed by atoms with Crippen molar-refractivity contribution >= 4 is 18.3 Å². The molecule has 0 aliphatic carbocycles. The number of hydrogen-bond acceptors (Lipinski definition) is 4. The number of nitrogens with two attached hydrogens (primary N) is 1. The van der Waals surface area contributed by atoms with Crippen LogP contribution in [0, 0.1) is 5.82 Å². The minimum atomic E-state index is -0.488. The van der Waals surface area contributed by atoms with E-state index in [0.29, 0.717) is 26.2 Å². The van der Waals surface area contributed by atoms with E-state index in [1.54, 1.807) is 6.07 Å². The first-order valence-corrected chi connectivity index (χ1v) is 8.22. The monoisotopic (exact) mass is 359 g/mol. The minimum absolute atomic E-state index is 0. The molecule has 0 spiro atoms.